The molecule has 10 heteroatoms. The summed E-state index contributed by atoms with van der Waals surface area (Å²) in [5.41, 5.74) is 10.8. The molecule has 1 aromatic carbocycles. The van der Waals surface area contributed by atoms with Crippen molar-refractivity contribution in [1.29, 1.82) is 0 Å². The lowest BCUT2D eigenvalue weighted by Gasteiger charge is -2.30. The Morgan fingerprint density at radius 3 is 2.70 bits per heavy atom. The van der Waals surface area contributed by atoms with E-state index in [0.717, 1.165) is 39.7 Å². The van der Waals surface area contributed by atoms with Gasteiger partial charge in [0.25, 0.3) is 5.70 Å². The molecule has 3 aromatic heterocycles. The van der Waals surface area contributed by atoms with Gasteiger partial charge in [0.1, 0.15) is 16.9 Å². The van der Waals surface area contributed by atoms with Crippen LogP contribution in [-0.4, -0.2) is 68.5 Å². The lowest BCUT2D eigenvalue weighted by atomic mass is 9.87. The minimum absolute atomic E-state index is 0.0154. The molecule has 0 aliphatic heterocycles. The van der Waals surface area contributed by atoms with Crippen molar-refractivity contribution in [3.63, 3.8) is 0 Å². The zero-order valence-electron chi connectivity index (χ0n) is 21.8. The van der Waals surface area contributed by atoms with E-state index in [1.165, 1.54) is 0 Å². The molecule has 0 radical (unpaired) electrons. The summed E-state index contributed by atoms with van der Waals surface area (Å²) < 4.78 is 2.08. The number of nitrogens with zero attached hydrogens (tertiary/aromatic N) is 6. The number of hydrogen-bond acceptors (Lipinski definition) is 7. The van der Waals surface area contributed by atoms with Crippen molar-refractivity contribution >= 4 is 21.9 Å². The quantitative estimate of drug-likeness (QED) is 0.294. The Kier molecular flexibility index (Phi) is 6.09. The van der Waals surface area contributed by atoms with E-state index in [0.29, 0.717) is 23.7 Å². The van der Waals surface area contributed by atoms with Crippen LogP contribution in [0.25, 0.3) is 33.2 Å². The highest BCUT2D eigenvalue weighted by atomic mass is 16.6. The lowest BCUT2D eigenvalue weighted by Crippen LogP contribution is -2.41. The fourth-order valence-corrected chi connectivity index (χ4v) is 4.93. The van der Waals surface area contributed by atoms with E-state index in [1.807, 2.05) is 50.3 Å². The number of nitrogens with one attached hydrogen (secondary N) is 1. The van der Waals surface area contributed by atoms with E-state index in [9.17, 15) is 10.1 Å². The number of H-pyrrole nitrogens is 1. The molecule has 3 N–H and O–H groups in total. The molecule has 0 spiro atoms. The maximum absolute atomic E-state index is 12.1. The Hall–Kier alpha value is -4.02. The van der Waals surface area contributed by atoms with Gasteiger partial charge in [0.15, 0.2) is 5.82 Å². The van der Waals surface area contributed by atoms with Crippen molar-refractivity contribution in [2.75, 3.05) is 34.2 Å². The Morgan fingerprint density at radius 2 is 1.97 bits per heavy atom. The number of nitro groups is 1. The Bertz CT molecular complexity index is 1580. The van der Waals surface area contributed by atoms with Crippen molar-refractivity contribution in [3.05, 3.63) is 81.7 Å². The van der Waals surface area contributed by atoms with E-state index >= 15 is 0 Å². The fraction of sp³-hybridized carbons (Fsp3) is 0.333. The first kappa shape index (κ1) is 24.7. The normalized spacial score (nSPS) is 17.9. The lowest BCUT2D eigenvalue weighted by molar-refractivity contribution is -0.431. The van der Waals surface area contributed by atoms with E-state index < -0.39 is 5.54 Å². The van der Waals surface area contributed by atoms with Crippen molar-refractivity contribution < 1.29 is 4.92 Å². The average Bonchev–Trinajstić information content (AvgIpc) is 3.46. The van der Waals surface area contributed by atoms with Crippen LogP contribution < -0.4 is 5.73 Å². The number of fused-ring (bicyclic) bond motifs is 2. The standard InChI is InChI=1S/C27H32N8O2/c1-17-6-7-21-19(14-17)20(16-34(21)5)24-18-9-11-29-25(18)31-26(30-24)27(28)10-8-22(23(15-27)35(36)37)33(4)13-12-32(2)3/h6-11,14,16H,12-13,15,28H2,1-5H3,(H,29,30,31). The summed E-state index contributed by atoms with van der Waals surface area (Å²) in [5, 5.41) is 14.1. The summed E-state index contributed by atoms with van der Waals surface area (Å²) in [5.74, 6) is 0.340. The molecule has 4 aromatic rings. The number of aromatic nitrogens is 4. The smallest absolute Gasteiger partial charge is 0.271 e. The zero-order valence-corrected chi connectivity index (χ0v) is 21.8. The van der Waals surface area contributed by atoms with E-state index in [1.54, 1.807) is 12.2 Å². The van der Waals surface area contributed by atoms with Crippen molar-refractivity contribution in [3.8, 4) is 11.3 Å². The van der Waals surface area contributed by atoms with Gasteiger partial charge < -0.3 is 25.1 Å². The number of allylic oxidation sites excluding steroid dienone is 1. The van der Waals surface area contributed by atoms with Crippen molar-refractivity contribution in [2.24, 2.45) is 12.8 Å². The highest BCUT2D eigenvalue weighted by Gasteiger charge is 2.39. The molecule has 10 nitrogen and oxygen atoms in total. The topological polar surface area (TPSA) is 122 Å². The predicted octanol–water partition coefficient (Wildman–Crippen LogP) is 3.52. The number of aryl methyl sites for hydroxylation is 2. The largest absolute Gasteiger partial charge is 0.368 e. The van der Waals surface area contributed by atoms with Crippen LogP contribution in [-0.2, 0) is 12.6 Å². The molecule has 192 valence electrons. The van der Waals surface area contributed by atoms with Gasteiger partial charge in [-0.25, -0.2) is 9.97 Å². The second-order valence-electron chi connectivity index (χ2n) is 10.2. The minimum Gasteiger partial charge on any atom is -0.368 e. The number of nitrogens with two attached hydrogens (primary N) is 1. The van der Waals surface area contributed by atoms with Gasteiger partial charge in [-0.1, -0.05) is 17.7 Å². The van der Waals surface area contributed by atoms with E-state index in [2.05, 4.69) is 40.9 Å². The maximum atomic E-state index is 12.1. The van der Waals surface area contributed by atoms with Crippen LogP contribution in [0.4, 0.5) is 0 Å². The van der Waals surface area contributed by atoms with Gasteiger partial charge in [-0.15, -0.1) is 0 Å². The molecule has 0 saturated carbocycles. The molecule has 5 rings (SSSR count). The fourth-order valence-electron chi connectivity index (χ4n) is 4.93. The van der Waals surface area contributed by atoms with E-state index in [-0.39, 0.29) is 17.0 Å². The average molecular weight is 501 g/mol. The van der Waals surface area contributed by atoms with Crippen LogP contribution >= 0.6 is 0 Å². The van der Waals surface area contributed by atoms with Crippen LogP contribution in [0.3, 0.4) is 0 Å². The Balaban J connectivity index is 1.61. The van der Waals surface area contributed by atoms with Crippen LogP contribution in [0.15, 0.2) is 60.2 Å². The molecule has 1 aliphatic carbocycles. The number of aromatic amines is 1. The molecule has 1 aliphatic rings. The number of benzene rings is 1. The van der Waals surface area contributed by atoms with Crippen molar-refractivity contribution in [1.82, 2.24) is 29.3 Å². The minimum atomic E-state index is -1.23. The highest BCUT2D eigenvalue weighted by molar-refractivity contribution is 6.02. The van der Waals surface area contributed by atoms with Crippen LogP contribution in [0.1, 0.15) is 17.8 Å². The first-order valence-corrected chi connectivity index (χ1v) is 12.2. The van der Waals surface area contributed by atoms with Gasteiger partial charge in [-0.05, 0) is 45.3 Å². The summed E-state index contributed by atoms with van der Waals surface area (Å²) >= 11 is 0. The number of rotatable bonds is 7. The summed E-state index contributed by atoms with van der Waals surface area (Å²) in [7, 11) is 7.81. The summed E-state index contributed by atoms with van der Waals surface area (Å²) in [6, 6.07) is 8.28. The number of likely N-dealkylation sites (N-methyl/N-ethyl adjacent to an activating group) is 2. The third-order valence-electron chi connectivity index (χ3n) is 7.04. The van der Waals surface area contributed by atoms with Crippen LogP contribution in [0.5, 0.6) is 0 Å². The molecule has 0 amide bonds. The molecule has 1 unspecified atom stereocenters. The second-order valence-corrected chi connectivity index (χ2v) is 10.2. The summed E-state index contributed by atoms with van der Waals surface area (Å²) in [6.45, 7) is 3.48. The maximum Gasteiger partial charge on any atom is 0.271 e. The van der Waals surface area contributed by atoms with Gasteiger partial charge in [0, 0.05) is 61.4 Å². The van der Waals surface area contributed by atoms with Gasteiger partial charge in [0.05, 0.1) is 17.0 Å². The van der Waals surface area contributed by atoms with Gasteiger partial charge in [-0.3, -0.25) is 10.1 Å². The summed E-state index contributed by atoms with van der Waals surface area (Å²) in [6.07, 6.45) is 7.40. The molecular weight excluding hydrogens is 468 g/mol. The first-order chi connectivity index (χ1) is 17.6. The van der Waals surface area contributed by atoms with Gasteiger partial charge in [-0.2, -0.15) is 0 Å². The molecule has 1 atom stereocenters. The Morgan fingerprint density at radius 1 is 1.19 bits per heavy atom. The van der Waals surface area contributed by atoms with Crippen molar-refractivity contribution in [2.45, 2.75) is 18.9 Å². The third kappa shape index (κ3) is 4.38. The molecule has 0 fully saturated rings. The monoisotopic (exact) mass is 500 g/mol. The predicted molar refractivity (Wildman–Crippen MR) is 145 cm³/mol. The van der Waals surface area contributed by atoms with Crippen LogP contribution in [0, 0.1) is 17.0 Å². The zero-order chi connectivity index (χ0) is 26.5. The van der Waals surface area contributed by atoms with Gasteiger partial charge >= 0.3 is 0 Å². The SMILES string of the molecule is Cc1ccc2c(c1)c(-c1nc(C3(N)C=CC(N(C)CCN(C)C)=C([N+](=O)[O-])C3)nc3[nH]ccc13)cn2C. The number of hydrogen-bond donors (Lipinski definition) is 2. The van der Waals surface area contributed by atoms with Gasteiger partial charge in [0.2, 0.25) is 0 Å². The second kappa shape index (κ2) is 9.13. The van der Waals surface area contributed by atoms with E-state index in [4.69, 9.17) is 15.7 Å². The highest BCUT2D eigenvalue weighted by Crippen LogP contribution is 2.38. The molecular formula is C27H32N8O2. The molecule has 37 heavy (non-hydrogen) atoms. The molecule has 0 bridgehead atoms. The molecule has 0 saturated heterocycles. The van der Waals surface area contributed by atoms with Crippen LogP contribution in [0.2, 0.25) is 0 Å². The third-order valence-corrected chi connectivity index (χ3v) is 7.04. The first-order valence-electron chi connectivity index (χ1n) is 12.2. The molecule has 3 heterocycles. The Labute approximate surface area is 215 Å². The summed E-state index contributed by atoms with van der Waals surface area (Å²) in [4.78, 5) is 28.6.